The quantitative estimate of drug-likeness (QED) is 0.485. The largest absolute Gasteiger partial charge is 0.470 e. The lowest BCUT2D eigenvalue weighted by Crippen LogP contribution is -2.06. The Labute approximate surface area is 153 Å². The second-order valence-corrected chi connectivity index (χ2v) is 6.17. The van der Waals surface area contributed by atoms with Gasteiger partial charge in [-0.2, -0.15) is 9.61 Å². The van der Waals surface area contributed by atoms with Crippen LogP contribution in [-0.2, 0) is 13.7 Å². The molecule has 0 aliphatic rings. The molecule has 0 aliphatic carbocycles. The molecule has 0 N–H and O–H groups in total. The topological polar surface area (TPSA) is 96.2 Å². The summed E-state index contributed by atoms with van der Waals surface area (Å²) in [5, 5.41) is 23.1. The van der Waals surface area contributed by atoms with Gasteiger partial charge in [0.1, 0.15) is 12.4 Å². The lowest BCUT2D eigenvalue weighted by atomic mass is 10.2. The van der Waals surface area contributed by atoms with Crippen LogP contribution in [0.2, 0.25) is 0 Å². The van der Waals surface area contributed by atoms with Crippen molar-refractivity contribution in [2.45, 2.75) is 13.5 Å². The van der Waals surface area contributed by atoms with Crippen LogP contribution in [-0.4, -0.2) is 34.7 Å². The normalized spacial score (nSPS) is 11.5. The molecule has 0 aliphatic heterocycles. The van der Waals surface area contributed by atoms with E-state index < -0.39 is 0 Å². The molecule has 9 heteroatoms. The first-order chi connectivity index (χ1) is 13.2. The van der Waals surface area contributed by atoms with Gasteiger partial charge in [-0.05, 0) is 19.1 Å². The van der Waals surface area contributed by atoms with Gasteiger partial charge in [0.25, 0.3) is 0 Å². The third kappa shape index (κ3) is 2.51. The maximum Gasteiger partial charge on any atom is 0.240 e. The third-order valence-corrected chi connectivity index (χ3v) is 4.37. The average Bonchev–Trinajstić information content (AvgIpc) is 3.39. The molecule has 0 atom stereocenters. The lowest BCUT2D eigenvalue weighted by molar-refractivity contribution is 0.283. The molecule has 5 rings (SSSR count). The smallest absolute Gasteiger partial charge is 0.240 e. The molecule has 4 heterocycles. The summed E-state index contributed by atoms with van der Waals surface area (Å²) in [5.74, 6) is 1.67. The summed E-state index contributed by atoms with van der Waals surface area (Å²) in [7, 11) is 1.87. The second-order valence-electron chi connectivity index (χ2n) is 6.17. The van der Waals surface area contributed by atoms with Crippen molar-refractivity contribution in [3.05, 3.63) is 54.0 Å². The van der Waals surface area contributed by atoms with Gasteiger partial charge in [-0.3, -0.25) is 4.68 Å². The van der Waals surface area contributed by atoms with E-state index in [1.807, 2.05) is 44.3 Å². The van der Waals surface area contributed by atoms with Crippen LogP contribution in [0.3, 0.4) is 0 Å². The van der Waals surface area contributed by atoms with Crippen molar-refractivity contribution in [3.63, 3.8) is 0 Å². The predicted molar refractivity (Wildman–Crippen MR) is 96.1 cm³/mol. The number of fused-ring (bicyclic) bond motifs is 3. The van der Waals surface area contributed by atoms with Gasteiger partial charge >= 0.3 is 0 Å². The molecule has 0 radical (unpaired) electrons. The Bertz CT molecular complexity index is 1270. The van der Waals surface area contributed by atoms with E-state index in [2.05, 4.69) is 25.6 Å². The second kappa shape index (κ2) is 5.90. The fraction of sp³-hybridized carbons (Fsp3) is 0.167. The highest BCUT2D eigenvalue weighted by Gasteiger charge is 2.18. The number of nitrogens with zero attached hydrogens (tertiary/aromatic N) is 7. The third-order valence-electron chi connectivity index (χ3n) is 4.37. The molecule has 0 spiro atoms. The average molecular weight is 361 g/mol. The van der Waals surface area contributed by atoms with Crippen LogP contribution in [0.5, 0.6) is 5.88 Å². The molecular weight excluding hydrogens is 346 g/mol. The van der Waals surface area contributed by atoms with Crippen molar-refractivity contribution >= 4 is 16.4 Å². The first kappa shape index (κ1) is 15.5. The van der Waals surface area contributed by atoms with Crippen LogP contribution in [0.4, 0.5) is 0 Å². The van der Waals surface area contributed by atoms with E-state index in [9.17, 15) is 0 Å². The molecule has 134 valence electrons. The zero-order valence-electron chi connectivity index (χ0n) is 14.7. The molecular formula is C18H15N7O2. The van der Waals surface area contributed by atoms with E-state index in [4.69, 9.17) is 9.26 Å². The van der Waals surface area contributed by atoms with Crippen LogP contribution in [0, 0.1) is 6.92 Å². The first-order valence-corrected chi connectivity index (χ1v) is 8.38. The summed E-state index contributed by atoms with van der Waals surface area (Å²) in [6.45, 7) is 2.17. The highest BCUT2D eigenvalue weighted by molar-refractivity contribution is 5.96. The molecule has 9 nitrogen and oxygen atoms in total. The van der Waals surface area contributed by atoms with Gasteiger partial charge in [0.05, 0.1) is 5.69 Å². The summed E-state index contributed by atoms with van der Waals surface area (Å²) in [6, 6.07) is 11.5. The lowest BCUT2D eigenvalue weighted by Gasteiger charge is -2.09. The van der Waals surface area contributed by atoms with Crippen LogP contribution in [0.15, 0.2) is 47.1 Å². The maximum atomic E-state index is 6.03. The van der Waals surface area contributed by atoms with Crippen molar-refractivity contribution in [2.75, 3.05) is 0 Å². The molecule has 1 aromatic carbocycles. The van der Waals surface area contributed by atoms with E-state index >= 15 is 0 Å². The van der Waals surface area contributed by atoms with Crippen LogP contribution >= 0.6 is 0 Å². The van der Waals surface area contributed by atoms with Gasteiger partial charge in [0.2, 0.25) is 11.7 Å². The Kier molecular flexibility index (Phi) is 3.39. The first-order valence-electron chi connectivity index (χ1n) is 8.38. The van der Waals surface area contributed by atoms with Gasteiger partial charge in [-0.25, -0.2) is 0 Å². The number of aryl methyl sites for hydroxylation is 2. The minimum absolute atomic E-state index is 0.347. The minimum Gasteiger partial charge on any atom is -0.470 e. The zero-order chi connectivity index (χ0) is 18.4. The van der Waals surface area contributed by atoms with Gasteiger partial charge < -0.3 is 9.26 Å². The Morgan fingerprint density at radius 2 is 1.96 bits per heavy atom. The number of hydrogen-bond acceptors (Lipinski definition) is 7. The van der Waals surface area contributed by atoms with Crippen molar-refractivity contribution in [3.8, 4) is 17.4 Å². The zero-order valence-corrected chi connectivity index (χ0v) is 14.7. The summed E-state index contributed by atoms with van der Waals surface area (Å²) >= 11 is 0. The molecule has 0 amide bonds. The van der Waals surface area contributed by atoms with Crippen LogP contribution in [0.1, 0.15) is 11.5 Å². The number of rotatable bonds is 4. The van der Waals surface area contributed by atoms with Crippen molar-refractivity contribution in [2.24, 2.45) is 7.05 Å². The SMILES string of the molecule is Cc1cc(-c2nnc3c4ccccc4c(OCc4ccnn4C)nn23)no1. The summed E-state index contributed by atoms with van der Waals surface area (Å²) < 4.78 is 14.6. The molecule has 4 aromatic heterocycles. The monoisotopic (exact) mass is 361 g/mol. The Morgan fingerprint density at radius 3 is 2.70 bits per heavy atom. The fourth-order valence-corrected chi connectivity index (χ4v) is 2.98. The maximum absolute atomic E-state index is 6.03. The molecule has 0 saturated carbocycles. The fourth-order valence-electron chi connectivity index (χ4n) is 2.98. The van der Waals surface area contributed by atoms with E-state index in [1.165, 1.54) is 0 Å². The standard InChI is InChI=1S/C18H15N7O2/c1-11-9-15(23-27-11)17-21-20-16-13-5-3-4-6-14(13)18(22-25(16)17)26-10-12-7-8-19-24(12)2/h3-9H,10H2,1-2H3. The van der Waals surface area contributed by atoms with E-state index in [1.54, 1.807) is 21.5 Å². The summed E-state index contributed by atoms with van der Waals surface area (Å²) in [4.78, 5) is 0. The number of hydrogen-bond donors (Lipinski definition) is 0. The molecule has 0 fully saturated rings. The highest BCUT2D eigenvalue weighted by Crippen LogP contribution is 2.29. The van der Waals surface area contributed by atoms with Crippen molar-refractivity contribution in [1.82, 2.24) is 34.7 Å². The highest BCUT2D eigenvalue weighted by atomic mass is 16.5. The van der Waals surface area contributed by atoms with E-state index in [0.29, 0.717) is 35.4 Å². The van der Waals surface area contributed by atoms with Gasteiger partial charge in [-0.15, -0.1) is 15.3 Å². The summed E-state index contributed by atoms with van der Waals surface area (Å²) in [6.07, 6.45) is 1.73. The minimum atomic E-state index is 0.347. The van der Waals surface area contributed by atoms with Gasteiger partial charge in [0, 0.05) is 30.1 Å². The van der Waals surface area contributed by atoms with Crippen LogP contribution < -0.4 is 4.74 Å². The number of ether oxygens (including phenoxy) is 1. The predicted octanol–water partition coefficient (Wildman–Crippen LogP) is 2.55. The Balaban J connectivity index is 1.67. The number of aromatic nitrogens is 7. The number of benzene rings is 1. The molecule has 27 heavy (non-hydrogen) atoms. The molecule has 0 unspecified atom stereocenters. The molecule has 0 bridgehead atoms. The molecule has 5 aromatic rings. The molecule has 0 saturated heterocycles. The van der Waals surface area contributed by atoms with Gasteiger partial charge in [0.15, 0.2) is 11.3 Å². The van der Waals surface area contributed by atoms with E-state index in [0.717, 1.165) is 16.5 Å². The Morgan fingerprint density at radius 1 is 1.11 bits per heavy atom. The van der Waals surface area contributed by atoms with Gasteiger partial charge in [-0.1, -0.05) is 23.4 Å². The summed E-state index contributed by atoms with van der Waals surface area (Å²) in [5.41, 5.74) is 2.14. The Hall–Kier alpha value is -3.75. The van der Waals surface area contributed by atoms with E-state index in [-0.39, 0.29) is 0 Å². The van der Waals surface area contributed by atoms with Crippen LogP contribution in [0.25, 0.3) is 27.9 Å². The van der Waals surface area contributed by atoms with Crippen molar-refractivity contribution in [1.29, 1.82) is 0 Å². The van der Waals surface area contributed by atoms with Crippen molar-refractivity contribution < 1.29 is 9.26 Å².